The Morgan fingerprint density at radius 1 is 0.621 bits per heavy atom. The zero-order valence-corrected chi connectivity index (χ0v) is 17.6. The summed E-state index contributed by atoms with van der Waals surface area (Å²) in [6.07, 6.45) is 16.0. The molecule has 2 saturated carbocycles. The van der Waals surface area contributed by atoms with Gasteiger partial charge in [0.1, 0.15) is 0 Å². The van der Waals surface area contributed by atoms with Gasteiger partial charge < -0.3 is 23.1 Å². The Labute approximate surface area is 184 Å². The fourth-order valence-electron chi connectivity index (χ4n) is 2.31. The van der Waals surface area contributed by atoms with Crippen molar-refractivity contribution in [2.24, 2.45) is 0 Å². The van der Waals surface area contributed by atoms with Gasteiger partial charge in [-0.15, -0.1) is 36.4 Å². The molecular weight excluding hydrogens is 420 g/mol. The van der Waals surface area contributed by atoms with Gasteiger partial charge >= 0.3 is 21.7 Å². The minimum Gasteiger partial charge on any atom is -0.563 e. The number of aromatic hydroxyl groups is 2. The van der Waals surface area contributed by atoms with Gasteiger partial charge in [0.25, 0.3) is 0 Å². The van der Waals surface area contributed by atoms with Crippen molar-refractivity contribution in [3.8, 4) is 11.5 Å². The van der Waals surface area contributed by atoms with E-state index in [1.54, 1.807) is 12.1 Å². The molecule has 0 amide bonds. The van der Waals surface area contributed by atoms with E-state index in [2.05, 4.69) is 12.8 Å². The molecule has 0 heterocycles. The Hall–Kier alpha value is -1.53. The van der Waals surface area contributed by atoms with E-state index in [9.17, 15) is 17.6 Å². The minimum absolute atomic E-state index is 0. The first-order valence-corrected chi connectivity index (χ1v) is 9.16. The molecule has 2 aliphatic carbocycles. The molecule has 2 aliphatic rings. The molecule has 7 heteroatoms. The molecular formula is C22H24F4O2Ti. The van der Waals surface area contributed by atoms with Crippen LogP contribution in [0.5, 0.6) is 11.5 Å². The van der Waals surface area contributed by atoms with Crippen LogP contribution >= 0.6 is 0 Å². The molecule has 0 radical (unpaired) electrons. The molecule has 2 aromatic carbocycles. The maximum atomic E-state index is 12.0. The number of halogens is 4. The van der Waals surface area contributed by atoms with E-state index >= 15 is 0 Å². The third-order valence-corrected chi connectivity index (χ3v) is 3.82. The molecule has 29 heavy (non-hydrogen) atoms. The van der Waals surface area contributed by atoms with Crippen molar-refractivity contribution in [3.63, 3.8) is 0 Å². The zero-order valence-electron chi connectivity index (χ0n) is 16.0. The first-order chi connectivity index (χ1) is 13.4. The van der Waals surface area contributed by atoms with Gasteiger partial charge in [0.05, 0.1) is 11.6 Å². The summed E-state index contributed by atoms with van der Waals surface area (Å²) in [5.74, 6) is -4.92. The molecule has 0 spiro atoms. The fourth-order valence-corrected chi connectivity index (χ4v) is 2.31. The van der Waals surface area contributed by atoms with Crippen molar-refractivity contribution in [2.45, 2.75) is 51.4 Å². The summed E-state index contributed by atoms with van der Waals surface area (Å²) in [6, 6.07) is 7.03. The van der Waals surface area contributed by atoms with E-state index in [-0.39, 0.29) is 21.7 Å². The van der Waals surface area contributed by atoms with Crippen LogP contribution in [-0.4, -0.2) is 10.2 Å². The van der Waals surface area contributed by atoms with Gasteiger partial charge in [-0.3, -0.25) is 0 Å². The zero-order chi connectivity index (χ0) is 20.8. The standard InChI is InChI=1S/2C6H3F2O.2C5H9.Ti/c2*7-4-1-2-6(9)5(8)3-4;2*1-2-4-5-3-1;/h2*1-2,9H;2*1H,2-5H2;/q4*-1;+4. The van der Waals surface area contributed by atoms with Crippen molar-refractivity contribution in [1.29, 1.82) is 0 Å². The van der Waals surface area contributed by atoms with Crippen molar-refractivity contribution in [2.75, 3.05) is 0 Å². The molecule has 0 aliphatic heterocycles. The number of rotatable bonds is 0. The van der Waals surface area contributed by atoms with Gasteiger partial charge in [0.15, 0.2) is 0 Å². The van der Waals surface area contributed by atoms with Gasteiger partial charge in [-0.1, -0.05) is 25.7 Å². The average Bonchev–Trinajstić information content (AvgIpc) is 3.41. The predicted octanol–water partition coefficient (Wildman–Crippen LogP) is 6.47. The Morgan fingerprint density at radius 2 is 0.931 bits per heavy atom. The van der Waals surface area contributed by atoms with E-state index in [0.29, 0.717) is 0 Å². The topological polar surface area (TPSA) is 40.5 Å². The van der Waals surface area contributed by atoms with Gasteiger partial charge in [-0.05, 0) is 0 Å². The summed E-state index contributed by atoms with van der Waals surface area (Å²) in [5.41, 5.74) is 0. The second kappa shape index (κ2) is 16.3. The Morgan fingerprint density at radius 3 is 1.10 bits per heavy atom. The van der Waals surface area contributed by atoms with Gasteiger partial charge in [-0.2, -0.15) is 25.7 Å². The molecule has 0 bridgehead atoms. The van der Waals surface area contributed by atoms with Crippen LogP contribution in [0.15, 0.2) is 24.3 Å². The van der Waals surface area contributed by atoms with Crippen LogP contribution in [0.2, 0.25) is 0 Å². The predicted molar refractivity (Wildman–Crippen MR) is 99.3 cm³/mol. The van der Waals surface area contributed by atoms with Crippen molar-refractivity contribution in [1.82, 2.24) is 0 Å². The summed E-state index contributed by atoms with van der Waals surface area (Å²) < 4.78 is 47.9. The molecule has 2 aromatic rings. The third-order valence-electron chi connectivity index (χ3n) is 3.82. The first kappa shape index (κ1) is 27.5. The van der Waals surface area contributed by atoms with Crippen LogP contribution in [0.25, 0.3) is 0 Å². The van der Waals surface area contributed by atoms with E-state index in [1.807, 2.05) is 0 Å². The van der Waals surface area contributed by atoms with Crippen molar-refractivity contribution >= 4 is 0 Å². The number of phenols is 2. The van der Waals surface area contributed by atoms with Crippen molar-refractivity contribution in [3.05, 3.63) is 72.5 Å². The van der Waals surface area contributed by atoms with Crippen LogP contribution in [0.4, 0.5) is 17.6 Å². The summed E-state index contributed by atoms with van der Waals surface area (Å²) in [5, 5.41) is 16.9. The number of hydrogen-bond acceptors (Lipinski definition) is 2. The number of phenolic OH excluding ortho intramolecular Hbond substituents is 2. The second-order valence-electron chi connectivity index (χ2n) is 6.16. The Balaban J connectivity index is 0.000000369. The summed E-state index contributed by atoms with van der Waals surface area (Å²) in [7, 11) is 0. The van der Waals surface area contributed by atoms with Gasteiger partial charge in [0, 0.05) is 23.1 Å². The third kappa shape index (κ3) is 13.3. The molecule has 4 rings (SSSR count). The fraction of sp³-hybridized carbons (Fsp3) is 0.364. The maximum Gasteiger partial charge on any atom is 4.00 e. The number of benzene rings is 2. The average molecular weight is 444 g/mol. The Bertz CT molecular complexity index is 616. The molecule has 2 fully saturated rings. The van der Waals surface area contributed by atoms with Crippen LogP contribution in [-0.2, 0) is 21.7 Å². The normalized spacial score (nSPS) is 14.2. The molecule has 0 saturated heterocycles. The molecule has 2 nitrogen and oxygen atoms in total. The van der Waals surface area contributed by atoms with E-state index < -0.39 is 34.8 Å². The summed E-state index contributed by atoms with van der Waals surface area (Å²) in [4.78, 5) is 0. The largest absolute Gasteiger partial charge is 4.00 e. The first-order valence-electron chi connectivity index (χ1n) is 9.16. The van der Waals surface area contributed by atoms with Gasteiger partial charge in [-0.25, -0.2) is 17.6 Å². The molecule has 2 N–H and O–H groups in total. The quantitative estimate of drug-likeness (QED) is 0.278. The SMILES string of the molecule is Oc1ccc(F)[c-]c1F.Oc1ccc(F)[c-]c1F.[CH-]1CCCC1.[CH-]1CCCC1.[Ti+4]. The monoisotopic (exact) mass is 444 g/mol. The van der Waals surface area contributed by atoms with E-state index in [4.69, 9.17) is 10.2 Å². The van der Waals surface area contributed by atoms with Crippen molar-refractivity contribution < 1.29 is 49.5 Å². The molecule has 0 atom stereocenters. The van der Waals surface area contributed by atoms with Crippen LogP contribution in [0, 0.1) is 48.2 Å². The van der Waals surface area contributed by atoms with E-state index in [1.165, 1.54) is 51.4 Å². The van der Waals surface area contributed by atoms with Crippen LogP contribution in [0.3, 0.4) is 0 Å². The maximum absolute atomic E-state index is 12.0. The number of hydrogen-bond donors (Lipinski definition) is 2. The minimum atomic E-state index is -1.06. The molecule has 156 valence electrons. The smallest absolute Gasteiger partial charge is 0.563 e. The van der Waals surface area contributed by atoms with Crippen LogP contribution < -0.4 is 0 Å². The Kier molecular flexibility index (Phi) is 15.4. The van der Waals surface area contributed by atoms with E-state index in [0.717, 1.165) is 24.3 Å². The van der Waals surface area contributed by atoms with Gasteiger partial charge in [0.2, 0.25) is 0 Å². The van der Waals surface area contributed by atoms with Crippen LogP contribution in [0.1, 0.15) is 51.4 Å². The molecule has 0 unspecified atom stereocenters. The molecule has 0 aromatic heterocycles. The summed E-state index contributed by atoms with van der Waals surface area (Å²) in [6.45, 7) is 0. The second-order valence-corrected chi connectivity index (χ2v) is 6.16. The summed E-state index contributed by atoms with van der Waals surface area (Å²) >= 11 is 0.